The van der Waals surface area contributed by atoms with E-state index in [0.717, 1.165) is 27.0 Å². The number of aliphatic imine (C=N–C) groups is 1. The summed E-state index contributed by atoms with van der Waals surface area (Å²) in [6.45, 7) is 0. The molecule has 2 heterocycles. The Hall–Kier alpha value is -1.56. The average molecular weight is 203 g/mol. The Labute approximate surface area is 83.4 Å². The van der Waals surface area contributed by atoms with Crippen molar-refractivity contribution in [3.8, 4) is 0 Å². The minimum atomic E-state index is 0.740. The molecule has 0 atom stereocenters. The van der Waals surface area contributed by atoms with Crippen LogP contribution < -0.4 is 10.7 Å². The van der Waals surface area contributed by atoms with Crippen LogP contribution in [-0.2, 0) is 0 Å². The van der Waals surface area contributed by atoms with Gasteiger partial charge in [-0.15, -0.1) is 22.0 Å². The number of hydrogen-bond acceptors (Lipinski definition) is 6. The van der Waals surface area contributed by atoms with Crippen LogP contribution in [0.3, 0.4) is 0 Å². The van der Waals surface area contributed by atoms with E-state index in [9.17, 15) is 0 Å². The molecular weight excluding hydrogens is 198 g/mol. The first-order valence-corrected chi connectivity index (χ1v) is 5.23. The first-order chi connectivity index (χ1) is 6.90. The second kappa shape index (κ2) is 2.71. The summed E-state index contributed by atoms with van der Waals surface area (Å²) in [7, 11) is 0. The highest BCUT2D eigenvalue weighted by Gasteiger charge is 2.16. The number of fused-ring (bicyclic) bond motifs is 3. The molecule has 0 bridgehead atoms. The first kappa shape index (κ1) is 7.81. The zero-order chi connectivity index (χ0) is 9.54. The molecule has 5 nitrogen and oxygen atoms in total. The van der Waals surface area contributed by atoms with E-state index >= 15 is 0 Å². The molecular formula is C8H5N5S. The van der Waals surface area contributed by atoms with Crippen molar-refractivity contribution in [3.63, 3.8) is 0 Å². The first-order valence-electron chi connectivity index (χ1n) is 4.00. The average Bonchev–Trinajstić information content (AvgIpc) is 2.83. The van der Waals surface area contributed by atoms with Gasteiger partial charge in [-0.25, -0.2) is 9.98 Å². The van der Waals surface area contributed by atoms with Crippen LogP contribution in [0.15, 0.2) is 36.4 Å². The van der Waals surface area contributed by atoms with Crippen molar-refractivity contribution in [1.82, 2.24) is 0 Å². The minimum Gasteiger partial charge on any atom is -0.235 e. The molecule has 0 spiro atoms. The van der Waals surface area contributed by atoms with Crippen molar-refractivity contribution in [1.29, 1.82) is 0 Å². The summed E-state index contributed by atoms with van der Waals surface area (Å²) in [6.07, 6.45) is 3.52. The zero-order valence-electron chi connectivity index (χ0n) is 7.30. The SMILES string of the molecule is CSc1cc2c(c3c1=NN=N3)N=CN=2. The Bertz CT molecular complexity index is 587. The summed E-state index contributed by atoms with van der Waals surface area (Å²) in [5, 5.41) is 13.2. The summed E-state index contributed by atoms with van der Waals surface area (Å²) < 4.78 is 0. The third kappa shape index (κ3) is 0.884. The lowest BCUT2D eigenvalue weighted by Crippen LogP contribution is -2.10. The molecule has 2 aliphatic heterocycles. The van der Waals surface area contributed by atoms with Gasteiger partial charge in [0, 0.05) is 4.90 Å². The lowest BCUT2D eigenvalue weighted by Gasteiger charge is -1.97. The molecule has 0 N–H and O–H groups in total. The fraction of sp³-hybridized carbons (Fsp3) is 0.125. The molecule has 0 saturated heterocycles. The van der Waals surface area contributed by atoms with Crippen LogP contribution in [0.2, 0.25) is 0 Å². The Morgan fingerprint density at radius 3 is 3.07 bits per heavy atom. The van der Waals surface area contributed by atoms with Gasteiger partial charge in [-0.05, 0) is 17.5 Å². The van der Waals surface area contributed by atoms with Crippen LogP contribution in [0.5, 0.6) is 0 Å². The maximum Gasteiger partial charge on any atom is 0.144 e. The van der Waals surface area contributed by atoms with Gasteiger partial charge in [-0.1, -0.05) is 0 Å². The molecule has 14 heavy (non-hydrogen) atoms. The summed E-state index contributed by atoms with van der Waals surface area (Å²) in [5.74, 6) is 0. The van der Waals surface area contributed by atoms with Crippen molar-refractivity contribution >= 4 is 29.5 Å². The Morgan fingerprint density at radius 2 is 2.21 bits per heavy atom. The van der Waals surface area contributed by atoms with Gasteiger partial charge in [0.1, 0.15) is 23.1 Å². The van der Waals surface area contributed by atoms with E-state index in [1.54, 1.807) is 11.8 Å². The number of nitrogens with zero attached hydrogens (tertiary/aromatic N) is 5. The standard InChI is InChI=1S/C8H5N5S/c1-14-5-2-4-6(10-3-9-4)8-7(5)11-13-12-8/h2-3H,1H3. The quantitative estimate of drug-likeness (QED) is 0.635. The summed E-state index contributed by atoms with van der Waals surface area (Å²) in [5.41, 5.74) is 1.52. The highest BCUT2D eigenvalue weighted by atomic mass is 32.2. The molecule has 0 aromatic heterocycles. The van der Waals surface area contributed by atoms with Crippen LogP contribution >= 0.6 is 11.8 Å². The molecule has 0 amide bonds. The summed E-state index contributed by atoms with van der Waals surface area (Å²) in [4.78, 5) is 9.31. The second-order valence-electron chi connectivity index (χ2n) is 2.81. The van der Waals surface area contributed by atoms with E-state index < -0.39 is 0 Å². The van der Waals surface area contributed by atoms with E-state index in [1.165, 1.54) is 6.34 Å². The van der Waals surface area contributed by atoms with Gasteiger partial charge in [-0.2, -0.15) is 0 Å². The maximum absolute atomic E-state index is 4.14. The van der Waals surface area contributed by atoms with E-state index in [0.29, 0.717) is 0 Å². The molecule has 0 saturated carbocycles. The van der Waals surface area contributed by atoms with Gasteiger partial charge < -0.3 is 0 Å². The zero-order valence-corrected chi connectivity index (χ0v) is 8.12. The largest absolute Gasteiger partial charge is 0.235 e. The maximum atomic E-state index is 4.14. The van der Waals surface area contributed by atoms with Crippen LogP contribution in [0, 0.1) is 0 Å². The van der Waals surface area contributed by atoms with Crippen molar-refractivity contribution in [2.45, 2.75) is 4.90 Å². The topological polar surface area (TPSA) is 61.8 Å². The highest BCUT2D eigenvalue weighted by molar-refractivity contribution is 7.98. The third-order valence-electron chi connectivity index (χ3n) is 2.09. The molecule has 0 unspecified atom stereocenters. The Morgan fingerprint density at radius 1 is 1.29 bits per heavy atom. The van der Waals surface area contributed by atoms with Crippen molar-refractivity contribution in [3.05, 3.63) is 16.8 Å². The molecule has 0 aliphatic carbocycles. The van der Waals surface area contributed by atoms with E-state index in [-0.39, 0.29) is 0 Å². The van der Waals surface area contributed by atoms with E-state index in [1.807, 2.05) is 12.3 Å². The van der Waals surface area contributed by atoms with Gasteiger partial charge >= 0.3 is 0 Å². The lowest BCUT2D eigenvalue weighted by atomic mass is 10.2. The highest BCUT2D eigenvalue weighted by Crippen LogP contribution is 2.27. The number of benzene rings is 1. The Kier molecular flexibility index (Phi) is 1.51. The lowest BCUT2D eigenvalue weighted by molar-refractivity contribution is 1.07. The fourth-order valence-electron chi connectivity index (χ4n) is 1.44. The van der Waals surface area contributed by atoms with Crippen LogP contribution in [0.4, 0.5) is 11.4 Å². The molecule has 0 fully saturated rings. The molecule has 68 valence electrons. The monoisotopic (exact) mass is 203 g/mol. The summed E-state index contributed by atoms with van der Waals surface area (Å²) in [6, 6.07) is 1.96. The predicted octanol–water partition coefficient (Wildman–Crippen LogP) is 1.33. The Balaban J connectivity index is 2.49. The van der Waals surface area contributed by atoms with Crippen LogP contribution in [-0.4, -0.2) is 12.6 Å². The number of hydrogen-bond donors (Lipinski definition) is 0. The molecule has 1 aromatic carbocycles. The normalized spacial score (nSPS) is 14.9. The minimum absolute atomic E-state index is 0.740. The predicted molar refractivity (Wildman–Crippen MR) is 53.2 cm³/mol. The molecule has 2 aliphatic rings. The van der Waals surface area contributed by atoms with Crippen molar-refractivity contribution < 1.29 is 0 Å². The van der Waals surface area contributed by atoms with Crippen LogP contribution in [0.1, 0.15) is 0 Å². The molecule has 6 heteroatoms. The van der Waals surface area contributed by atoms with Crippen LogP contribution in [0.25, 0.3) is 0 Å². The fourth-order valence-corrected chi connectivity index (χ4v) is 2.00. The number of rotatable bonds is 1. The van der Waals surface area contributed by atoms with Crippen molar-refractivity contribution in [2.75, 3.05) is 6.26 Å². The van der Waals surface area contributed by atoms with E-state index in [2.05, 4.69) is 25.4 Å². The molecule has 3 rings (SSSR count). The molecule has 1 aromatic rings. The summed E-state index contributed by atoms with van der Waals surface area (Å²) >= 11 is 1.61. The van der Waals surface area contributed by atoms with Gasteiger partial charge in [0.05, 0.1) is 5.36 Å². The van der Waals surface area contributed by atoms with E-state index in [4.69, 9.17) is 0 Å². The van der Waals surface area contributed by atoms with Gasteiger partial charge in [0.25, 0.3) is 0 Å². The smallest absolute Gasteiger partial charge is 0.144 e. The van der Waals surface area contributed by atoms with Gasteiger partial charge in [0.15, 0.2) is 0 Å². The second-order valence-corrected chi connectivity index (χ2v) is 3.65. The molecule has 0 radical (unpaired) electrons. The van der Waals surface area contributed by atoms with Gasteiger partial charge in [-0.3, -0.25) is 0 Å². The van der Waals surface area contributed by atoms with Crippen molar-refractivity contribution in [2.24, 2.45) is 25.4 Å². The number of thioether (sulfide) groups is 1. The third-order valence-corrected chi connectivity index (χ3v) is 2.84. The van der Waals surface area contributed by atoms with Gasteiger partial charge in [0.2, 0.25) is 0 Å².